The summed E-state index contributed by atoms with van der Waals surface area (Å²) in [6, 6.07) is 9.80. The molecule has 0 saturated carbocycles. The van der Waals surface area contributed by atoms with Crippen LogP contribution in [-0.4, -0.2) is 39.5 Å². The average molecular weight is 486 g/mol. The number of carbonyl (C=O) groups is 2. The highest BCUT2D eigenvalue weighted by Crippen LogP contribution is 2.33. The summed E-state index contributed by atoms with van der Waals surface area (Å²) >= 11 is 2.89. The van der Waals surface area contributed by atoms with E-state index >= 15 is 0 Å². The fourth-order valence-electron chi connectivity index (χ4n) is 3.34. The Morgan fingerprint density at radius 2 is 2.06 bits per heavy atom. The fourth-order valence-corrected chi connectivity index (χ4v) is 5.06. The molecular weight excluding hydrogens is 465 g/mol. The number of benzene rings is 1. The van der Waals surface area contributed by atoms with E-state index < -0.39 is 18.5 Å². The predicted octanol–water partition coefficient (Wildman–Crippen LogP) is 3.92. The number of likely N-dealkylation sites (N-methyl/N-ethyl adjacent to an activating group) is 1. The van der Waals surface area contributed by atoms with E-state index in [9.17, 15) is 18.8 Å². The number of carbonyl (C=O) groups excluding carboxylic acids is 2. The summed E-state index contributed by atoms with van der Waals surface area (Å²) in [4.78, 5) is 45.1. The molecule has 0 atom stereocenters. The number of fused-ring (bicyclic) bond motifs is 1. The van der Waals surface area contributed by atoms with Crippen molar-refractivity contribution in [3.63, 3.8) is 0 Å². The molecule has 0 radical (unpaired) electrons. The Bertz CT molecular complexity index is 1350. The molecule has 170 valence electrons. The number of halogens is 1. The molecule has 3 aromatic heterocycles. The molecule has 1 aromatic carbocycles. The summed E-state index contributed by atoms with van der Waals surface area (Å²) in [6.07, 6.45) is 1.31. The Hall–Kier alpha value is -3.37. The molecule has 0 aliphatic carbocycles. The molecule has 0 saturated heterocycles. The van der Waals surface area contributed by atoms with Crippen LogP contribution in [0.2, 0.25) is 0 Å². The van der Waals surface area contributed by atoms with E-state index in [1.807, 2.05) is 22.9 Å². The number of hydrogen-bond donors (Lipinski definition) is 0. The van der Waals surface area contributed by atoms with Crippen molar-refractivity contribution in [2.24, 2.45) is 0 Å². The third-order valence-corrected chi connectivity index (χ3v) is 6.79. The van der Waals surface area contributed by atoms with E-state index in [2.05, 4.69) is 4.98 Å². The third-order valence-electron chi connectivity index (χ3n) is 5.00. The van der Waals surface area contributed by atoms with Gasteiger partial charge in [0.2, 0.25) is 0 Å². The van der Waals surface area contributed by atoms with Gasteiger partial charge in [-0.2, -0.15) is 0 Å². The number of esters is 1. The Morgan fingerprint density at radius 1 is 1.21 bits per heavy atom. The van der Waals surface area contributed by atoms with Crippen LogP contribution in [0.1, 0.15) is 12.5 Å². The molecule has 4 rings (SSSR count). The van der Waals surface area contributed by atoms with Crippen molar-refractivity contribution in [2.75, 3.05) is 13.2 Å². The zero-order valence-electron chi connectivity index (χ0n) is 17.7. The molecule has 33 heavy (non-hydrogen) atoms. The highest BCUT2D eigenvalue weighted by atomic mass is 32.1. The van der Waals surface area contributed by atoms with Gasteiger partial charge in [-0.15, -0.1) is 22.7 Å². The van der Waals surface area contributed by atoms with Crippen LogP contribution in [0.5, 0.6) is 0 Å². The van der Waals surface area contributed by atoms with E-state index in [0.29, 0.717) is 22.3 Å². The van der Waals surface area contributed by atoms with Crippen molar-refractivity contribution < 1.29 is 18.7 Å². The minimum atomic E-state index is -0.721. The predicted molar refractivity (Wildman–Crippen MR) is 126 cm³/mol. The molecule has 0 bridgehead atoms. The molecule has 0 fully saturated rings. The second kappa shape index (κ2) is 10.1. The lowest BCUT2D eigenvalue weighted by atomic mass is 10.2. The summed E-state index contributed by atoms with van der Waals surface area (Å²) in [6.45, 7) is 1.53. The van der Waals surface area contributed by atoms with Gasteiger partial charge in [-0.3, -0.25) is 19.0 Å². The van der Waals surface area contributed by atoms with Crippen molar-refractivity contribution in [3.8, 4) is 10.4 Å². The van der Waals surface area contributed by atoms with Gasteiger partial charge in [0.05, 0.1) is 11.7 Å². The van der Waals surface area contributed by atoms with Gasteiger partial charge in [0.1, 0.15) is 17.2 Å². The highest BCUT2D eigenvalue weighted by Gasteiger charge is 2.18. The number of aromatic nitrogens is 2. The molecule has 10 heteroatoms. The number of amides is 1. The first-order chi connectivity index (χ1) is 16.0. The monoisotopic (exact) mass is 485 g/mol. The maximum absolute atomic E-state index is 13.4. The number of nitrogens with zero attached hydrogens (tertiary/aromatic N) is 3. The minimum Gasteiger partial charge on any atom is -0.454 e. The second-order valence-corrected chi connectivity index (χ2v) is 8.99. The van der Waals surface area contributed by atoms with Gasteiger partial charge >= 0.3 is 5.97 Å². The number of thiophene rings is 2. The van der Waals surface area contributed by atoms with Crippen molar-refractivity contribution in [1.82, 2.24) is 14.5 Å². The number of hydrogen-bond acceptors (Lipinski definition) is 7. The molecule has 0 N–H and O–H groups in total. The molecule has 7 nitrogen and oxygen atoms in total. The summed E-state index contributed by atoms with van der Waals surface area (Å²) < 4.78 is 19.7. The van der Waals surface area contributed by atoms with Crippen LogP contribution in [0.3, 0.4) is 0 Å². The van der Waals surface area contributed by atoms with Gasteiger partial charge in [0, 0.05) is 28.9 Å². The van der Waals surface area contributed by atoms with Gasteiger partial charge in [-0.05, 0) is 36.1 Å². The fraction of sp³-hybridized carbons (Fsp3) is 0.217. The zero-order chi connectivity index (χ0) is 23.4. The van der Waals surface area contributed by atoms with Crippen LogP contribution in [0, 0.1) is 5.82 Å². The van der Waals surface area contributed by atoms with Crippen LogP contribution in [0.4, 0.5) is 4.39 Å². The zero-order valence-corrected chi connectivity index (χ0v) is 19.3. The molecular formula is C23H20FN3O4S2. The maximum Gasteiger partial charge on any atom is 0.326 e. The SMILES string of the molecule is CCN(Cc1cccc(F)c1)C(=O)COC(=O)Cn1cnc2scc(-c3cccs3)c2c1=O. The first-order valence-electron chi connectivity index (χ1n) is 10.1. The molecule has 0 unspecified atom stereocenters. The third kappa shape index (κ3) is 5.18. The smallest absolute Gasteiger partial charge is 0.326 e. The lowest BCUT2D eigenvalue weighted by molar-refractivity contribution is -0.152. The van der Waals surface area contributed by atoms with Crippen LogP contribution in [-0.2, 0) is 27.4 Å². The van der Waals surface area contributed by atoms with Crippen molar-refractivity contribution >= 4 is 44.8 Å². The summed E-state index contributed by atoms with van der Waals surface area (Å²) in [7, 11) is 0. The van der Waals surface area contributed by atoms with Crippen LogP contribution < -0.4 is 5.56 Å². The quantitative estimate of drug-likeness (QED) is 0.354. The van der Waals surface area contributed by atoms with Crippen molar-refractivity contribution in [1.29, 1.82) is 0 Å². The molecule has 0 aliphatic heterocycles. The average Bonchev–Trinajstić information content (AvgIpc) is 3.48. The van der Waals surface area contributed by atoms with Crippen molar-refractivity contribution in [2.45, 2.75) is 20.0 Å². The van der Waals surface area contributed by atoms with Crippen LogP contribution >= 0.6 is 22.7 Å². The van der Waals surface area contributed by atoms with Crippen LogP contribution in [0.25, 0.3) is 20.7 Å². The lowest BCUT2D eigenvalue weighted by Crippen LogP contribution is -2.35. The molecule has 0 spiro atoms. The van der Waals surface area contributed by atoms with E-state index in [1.54, 1.807) is 19.1 Å². The number of rotatable bonds is 8. The van der Waals surface area contributed by atoms with Crippen molar-refractivity contribution in [3.05, 3.63) is 75.2 Å². The summed E-state index contributed by atoms with van der Waals surface area (Å²) in [5.41, 5.74) is 1.09. The Labute approximate surface area is 196 Å². The standard InChI is InChI=1S/C23H20FN3O4S2/c1-2-26(10-15-5-3-6-16(24)9-15)19(28)12-31-20(29)11-27-14-25-22-21(23(27)30)17(13-33-22)18-7-4-8-32-18/h3-9,13-14H,2,10-12H2,1H3. The summed E-state index contributed by atoms with van der Waals surface area (Å²) in [5.74, 6) is -1.51. The minimum absolute atomic E-state index is 0.203. The largest absolute Gasteiger partial charge is 0.454 e. The molecule has 4 aromatic rings. The van der Waals surface area contributed by atoms with Gasteiger partial charge < -0.3 is 9.64 Å². The lowest BCUT2D eigenvalue weighted by Gasteiger charge is -2.21. The first-order valence-corrected chi connectivity index (χ1v) is 11.9. The van der Waals surface area contributed by atoms with E-state index in [-0.39, 0.29) is 24.5 Å². The first kappa shape index (κ1) is 22.8. The Morgan fingerprint density at radius 3 is 2.79 bits per heavy atom. The van der Waals surface area contributed by atoms with E-state index in [1.165, 1.54) is 50.6 Å². The topological polar surface area (TPSA) is 81.5 Å². The van der Waals surface area contributed by atoms with E-state index in [4.69, 9.17) is 4.74 Å². The highest BCUT2D eigenvalue weighted by molar-refractivity contribution is 7.18. The molecule has 3 heterocycles. The Balaban J connectivity index is 1.41. The Kier molecular flexibility index (Phi) is 6.95. The van der Waals surface area contributed by atoms with Gasteiger partial charge in [-0.1, -0.05) is 18.2 Å². The van der Waals surface area contributed by atoms with E-state index in [0.717, 1.165) is 10.4 Å². The van der Waals surface area contributed by atoms with Gasteiger partial charge in [0.15, 0.2) is 6.61 Å². The molecule has 1 amide bonds. The number of ether oxygens (including phenoxy) is 1. The van der Waals surface area contributed by atoms with Gasteiger partial charge in [0.25, 0.3) is 11.5 Å². The molecule has 0 aliphatic rings. The van der Waals surface area contributed by atoms with Crippen LogP contribution in [0.15, 0.2) is 58.3 Å². The second-order valence-electron chi connectivity index (χ2n) is 7.18. The summed E-state index contributed by atoms with van der Waals surface area (Å²) in [5, 5.41) is 4.27. The normalized spacial score (nSPS) is 11.0. The van der Waals surface area contributed by atoms with Gasteiger partial charge in [-0.25, -0.2) is 9.37 Å². The maximum atomic E-state index is 13.4.